The topological polar surface area (TPSA) is 66.4 Å². The molecule has 0 radical (unpaired) electrons. The van der Waals surface area contributed by atoms with Gasteiger partial charge >= 0.3 is 0 Å². The van der Waals surface area contributed by atoms with Crippen LogP contribution in [0.15, 0.2) is 52.8 Å². The molecule has 0 saturated heterocycles. The molecular weight excluding hydrogens is 374 g/mol. The van der Waals surface area contributed by atoms with Gasteiger partial charge in [-0.2, -0.15) is 0 Å². The summed E-state index contributed by atoms with van der Waals surface area (Å²) in [6, 6.07) is 0. The number of unbranched alkanes of at least 4 members (excludes halogenated alkanes) is 1. The Labute approximate surface area is 180 Å². The number of Topliss-reactive ketones (excluding diaryl/α,β-unsaturated/α-hetero) is 2. The van der Waals surface area contributed by atoms with E-state index in [9.17, 15) is 14.7 Å². The lowest BCUT2D eigenvalue weighted by Crippen LogP contribution is -2.29. The first-order chi connectivity index (χ1) is 14.5. The van der Waals surface area contributed by atoms with Crippen LogP contribution in [-0.2, 0) is 9.59 Å². The van der Waals surface area contributed by atoms with E-state index in [1.807, 2.05) is 26.0 Å². The summed E-state index contributed by atoms with van der Waals surface area (Å²) >= 11 is 0. The molecule has 0 aromatic carbocycles. The molecule has 162 valence electrons. The van der Waals surface area contributed by atoms with Gasteiger partial charge in [0.1, 0.15) is 5.78 Å². The minimum atomic E-state index is -0.532. The van der Waals surface area contributed by atoms with Crippen molar-refractivity contribution in [2.75, 3.05) is 13.1 Å². The van der Waals surface area contributed by atoms with Crippen LogP contribution in [0.5, 0.6) is 0 Å². The van der Waals surface area contributed by atoms with E-state index in [-0.39, 0.29) is 23.4 Å². The highest BCUT2D eigenvalue weighted by atomic mass is 16.3. The van der Waals surface area contributed by atoms with Gasteiger partial charge in [-0.3, -0.25) is 9.59 Å². The van der Waals surface area contributed by atoms with E-state index in [1.54, 1.807) is 0 Å². The molecule has 4 heteroatoms. The zero-order valence-electron chi connectivity index (χ0n) is 18.3. The van der Waals surface area contributed by atoms with Crippen molar-refractivity contribution in [2.45, 2.75) is 64.9 Å². The summed E-state index contributed by atoms with van der Waals surface area (Å²) in [5.41, 5.74) is 6.20. The Morgan fingerprint density at radius 3 is 2.83 bits per heavy atom. The lowest BCUT2D eigenvalue weighted by Gasteiger charge is -2.19. The van der Waals surface area contributed by atoms with Crippen molar-refractivity contribution in [2.24, 2.45) is 17.8 Å². The van der Waals surface area contributed by atoms with Crippen molar-refractivity contribution in [1.29, 1.82) is 0 Å². The Hall–Kier alpha value is -2.00. The Bertz CT molecular complexity index is 810. The van der Waals surface area contributed by atoms with Gasteiger partial charge in [0.25, 0.3) is 0 Å². The number of aliphatic hydroxyl groups excluding tert-OH is 1. The summed E-state index contributed by atoms with van der Waals surface area (Å²) in [5, 5.41) is 13.6. The molecule has 4 atom stereocenters. The SMILES string of the molecule is CC1C=C=CC2=C1C(=O)C(CCCCC(O)CNCC1=CCCC=C1)C(=O)[C@H](C)C2. The fraction of sp³-hybridized carbons (Fsp3) is 0.577. The second-order valence-electron chi connectivity index (χ2n) is 8.96. The number of rotatable bonds is 9. The molecular formula is C26H35NO3. The molecule has 0 fully saturated rings. The van der Waals surface area contributed by atoms with Crippen LogP contribution in [0.3, 0.4) is 0 Å². The molecule has 0 bridgehead atoms. The van der Waals surface area contributed by atoms with E-state index < -0.39 is 12.0 Å². The van der Waals surface area contributed by atoms with E-state index in [0.717, 1.165) is 43.4 Å². The highest BCUT2D eigenvalue weighted by molar-refractivity contribution is 6.13. The van der Waals surface area contributed by atoms with E-state index >= 15 is 0 Å². The van der Waals surface area contributed by atoms with Crippen LogP contribution in [-0.4, -0.2) is 35.9 Å². The summed E-state index contributed by atoms with van der Waals surface area (Å²) in [6.07, 6.45) is 15.7. The number of carbonyl (C=O) groups excluding carboxylic acids is 2. The van der Waals surface area contributed by atoms with Gasteiger partial charge in [0, 0.05) is 30.5 Å². The minimum Gasteiger partial charge on any atom is -0.392 e. The lowest BCUT2D eigenvalue weighted by atomic mass is 9.82. The van der Waals surface area contributed by atoms with E-state index in [1.165, 1.54) is 5.57 Å². The van der Waals surface area contributed by atoms with Crippen molar-refractivity contribution in [1.82, 2.24) is 5.32 Å². The van der Waals surface area contributed by atoms with Gasteiger partial charge in [-0.05, 0) is 55.4 Å². The number of carbonyl (C=O) groups is 2. The molecule has 0 aromatic rings. The van der Waals surface area contributed by atoms with Gasteiger partial charge < -0.3 is 10.4 Å². The van der Waals surface area contributed by atoms with Crippen LogP contribution in [0.1, 0.15) is 58.8 Å². The molecule has 2 N–H and O–H groups in total. The second kappa shape index (κ2) is 10.9. The predicted octanol–water partition coefficient (Wildman–Crippen LogP) is 4.23. The van der Waals surface area contributed by atoms with Gasteiger partial charge in [-0.25, -0.2) is 0 Å². The third-order valence-corrected chi connectivity index (χ3v) is 6.40. The van der Waals surface area contributed by atoms with Crippen LogP contribution in [0, 0.1) is 17.8 Å². The monoisotopic (exact) mass is 409 g/mol. The van der Waals surface area contributed by atoms with Crippen LogP contribution < -0.4 is 5.32 Å². The maximum atomic E-state index is 13.1. The molecule has 3 aliphatic carbocycles. The van der Waals surface area contributed by atoms with Crippen LogP contribution in [0.25, 0.3) is 0 Å². The molecule has 4 nitrogen and oxygen atoms in total. The smallest absolute Gasteiger partial charge is 0.170 e. The van der Waals surface area contributed by atoms with Gasteiger partial charge in [0.2, 0.25) is 0 Å². The summed E-state index contributed by atoms with van der Waals surface area (Å²) < 4.78 is 0. The zero-order valence-corrected chi connectivity index (χ0v) is 18.3. The van der Waals surface area contributed by atoms with Crippen molar-refractivity contribution in [3.8, 4) is 0 Å². The van der Waals surface area contributed by atoms with Crippen molar-refractivity contribution < 1.29 is 14.7 Å². The third kappa shape index (κ3) is 5.78. The Morgan fingerprint density at radius 1 is 1.23 bits per heavy atom. The number of hydrogen-bond acceptors (Lipinski definition) is 4. The fourth-order valence-electron chi connectivity index (χ4n) is 4.67. The van der Waals surface area contributed by atoms with Crippen LogP contribution in [0.4, 0.5) is 0 Å². The molecule has 0 heterocycles. The first-order valence-electron chi connectivity index (χ1n) is 11.4. The van der Waals surface area contributed by atoms with Crippen molar-refractivity contribution in [3.05, 3.63) is 52.8 Å². The highest BCUT2D eigenvalue weighted by Gasteiger charge is 2.37. The van der Waals surface area contributed by atoms with E-state index in [4.69, 9.17) is 0 Å². The van der Waals surface area contributed by atoms with Gasteiger partial charge in [-0.1, -0.05) is 44.9 Å². The molecule has 3 aliphatic rings. The zero-order chi connectivity index (χ0) is 21.5. The van der Waals surface area contributed by atoms with Gasteiger partial charge in [0.15, 0.2) is 5.78 Å². The average Bonchev–Trinajstić information content (AvgIpc) is 2.82. The third-order valence-electron chi connectivity index (χ3n) is 6.40. The molecule has 0 aliphatic heterocycles. The summed E-state index contributed by atoms with van der Waals surface area (Å²) in [4.78, 5) is 26.0. The molecule has 3 unspecified atom stereocenters. The first kappa shape index (κ1) is 22.7. The minimum absolute atomic E-state index is 0.0110. The quantitative estimate of drug-likeness (QED) is 0.340. The molecule has 30 heavy (non-hydrogen) atoms. The number of hydrogen-bond donors (Lipinski definition) is 2. The summed E-state index contributed by atoms with van der Waals surface area (Å²) in [6.45, 7) is 5.29. The summed E-state index contributed by atoms with van der Waals surface area (Å²) in [5.74, 6) is -0.550. The van der Waals surface area contributed by atoms with Crippen LogP contribution in [0.2, 0.25) is 0 Å². The molecule has 0 aromatic heterocycles. The molecule has 0 spiro atoms. The molecule has 3 rings (SSSR count). The molecule has 0 amide bonds. The van der Waals surface area contributed by atoms with Gasteiger partial charge in [0.05, 0.1) is 12.0 Å². The first-order valence-corrected chi connectivity index (χ1v) is 11.4. The largest absolute Gasteiger partial charge is 0.392 e. The average molecular weight is 410 g/mol. The Kier molecular flexibility index (Phi) is 8.21. The highest BCUT2D eigenvalue weighted by Crippen LogP contribution is 2.35. The maximum Gasteiger partial charge on any atom is 0.170 e. The predicted molar refractivity (Wildman–Crippen MR) is 120 cm³/mol. The number of allylic oxidation sites excluding steroid dienone is 5. The Balaban J connectivity index is 1.44. The van der Waals surface area contributed by atoms with Crippen molar-refractivity contribution >= 4 is 11.6 Å². The second-order valence-corrected chi connectivity index (χ2v) is 8.96. The van der Waals surface area contributed by atoms with Gasteiger partial charge in [-0.15, -0.1) is 5.73 Å². The fourth-order valence-corrected chi connectivity index (χ4v) is 4.67. The van der Waals surface area contributed by atoms with E-state index in [2.05, 4.69) is 29.3 Å². The lowest BCUT2D eigenvalue weighted by molar-refractivity contribution is -0.133. The summed E-state index contributed by atoms with van der Waals surface area (Å²) in [7, 11) is 0. The standard InChI is InChI=1S/C26H35NO3/c1-18-9-8-12-21-15-19(2)25(29)23(26(30)24(18)21)14-7-6-13-22(28)17-27-16-20-10-4-3-5-11-20/h4,9-12,18-19,22-23,27-28H,3,5-7,13-17H2,1-2H3/t18?,19-,22?,23?/m1/s1. The molecule has 0 saturated carbocycles. The maximum absolute atomic E-state index is 13.1. The number of nitrogens with one attached hydrogen (secondary N) is 1. The van der Waals surface area contributed by atoms with Crippen molar-refractivity contribution in [3.63, 3.8) is 0 Å². The normalized spacial score (nSPS) is 27.2. The Morgan fingerprint density at radius 2 is 2.07 bits per heavy atom. The number of ketones is 2. The number of aliphatic hydroxyl groups is 1. The van der Waals surface area contributed by atoms with Crippen LogP contribution >= 0.6 is 0 Å². The van der Waals surface area contributed by atoms with E-state index in [0.29, 0.717) is 25.8 Å².